The quantitative estimate of drug-likeness (QED) is 0.587. The van der Waals surface area contributed by atoms with E-state index in [0.29, 0.717) is 0 Å². The van der Waals surface area contributed by atoms with Crippen LogP contribution in [-0.2, 0) is 4.79 Å². The number of amides is 1. The molecule has 2 nitrogen and oxygen atoms in total. The van der Waals surface area contributed by atoms with E-state index in [-0.39, 0.29) is 0 Å². The summed E-state index contributed by atoms with van der Waals surface area (Å²) < 4.78 is 0. The fraction of sp³-hybridized carbons (Fsp3) is 0.875. The molecule has 0 aliphatic heterocycles. The second kappa shape index (κ2) is 4.31. The molecule has 0 aromatic heterocycles. The Bertz CT molecular complexity index is 97.4. The summed E-state index contributed by atoms with van der Waals surface area (Å²) in [7, 11) is 0. The van der Waals surface area contributed by atoms with E-state index in [1.54, 1.807) is 6.41 Å². The lowest BCUT2D eigenvalue weighted by atomic mass is 9.89. The molecule has 1 aliphatic carbocycles. The van der Waals surface area contributed by atoms with Crippen molar-refractivity contribution in [3.8, 4) is 0 Å². The summed E-state index contributed by atoms with van der Waals surface area (Å²) in [5.74, 6) is 0.732. The minimum absolute atomic E-state index is 0.732. The van der Waals surface area contributed by atoms with Crippen molar-refractivity contribution in [3.63, 3.8) is 0 Å². The molecule has 1 rings (SSSR count). The lowest BCUT2D eigenvalue weighted by Gasteiger charge is -2.20. The summed E-state index contributed by atoms with van der Waals surface area (Å²) in [6, 6.07) is 0. The van der Waals surface area contributed by atoms with Gasteiger partial charge in [-0.1, -0.05) is 19.3 Å². The number of hydrogen-bond donors (Lipinski definition) is 1. The van der Waals surface area contributed by atoms with Gasteiger partial charge in [-0.05, 0) is 18.8 Å². The van der Waals surface area contributed by atoms with Gasteiger partial charge >= 0.3 is 6.41 Å². The summed E-state index contributed by atoms with van der Waals surface area (Å²) in [4.78, 5) is 9.81. The summed E-state index contributed by atoms with van der Waals surface area (Å²) in [6.45, 7) is 0.837. The van der Waals surface area contributed by atoms with Gasteiger partial charge in [0.05, 0.1) is 0 Å². The Kier molecular flexibility index (Phi) is 3.27. The van der Waals surface area contributed by atoms with Gasteiger partial charge in [-0.2, -0.15) is 0 Å². The summed E-state index contributed by atoms with van der Waals surface area (Å²) in [5, 5.41) is 2.61. The van der Waals surface area contributed by atoms with Crippen LogP contribution >= 0.6 is 0 Å². The zero-order valence-corrected chi connectivity index (χ0v) is 6.23. The average Bonchev–Trinajstić information content (AvgIpc) is 2.03. The highest BCUT2D eigenvalue weighted by molar-refractivity contribution is 5.46. The summed E-state index contributed by atoms with van der Waals surface area (Å²) in [5.41, 5.74) is 0. The lowest BCUT2D eigenvalue weighted by Crippen LogP contribution is -2.22. The minimum Gasteiger partial charge on any atom is -0.348 e. The zero-order valence-electron chi connectivity index (χ0n) is 6.23. The zero-order chi connectivity index (χ0) is 7.23. The van der Waals surface area contributed by atoms with E-state index >= 15 is 0 Å². The summed E-state index contributed by atoms with van der Waals surface area (Å²) >= 11 is 0. The van der Waals surface area contributed by atoms with E-state index in [2.05, 4.69) is 5.32 Å². The largest absolute Gasteiger partial charge is 0.348 e. The van der Waals surface area contributed by atoms with Gasteiger partial charge in [0, 0.05) is 6.54 Å². The van der Waals surface area contributed by atoms with Crippen LogP contribution in [0.5, 0.6) is 0 Å². The van der Waals surface area contributed by atoms with Crippen molar-refractivity contribution in [2.24, 2.45) is 5.92 Å². The molecule has 0 heterocycles. The molecule has 0 aromatic carbocycles. The van der Waals surface area contributed by atoms with Gasteiger partial charge in [0.15, 0.2) is 0 Å². The highest BCUT2D eigenvalue weighted by Gasteiger charge is 2.11. The van der Waals surface area contributed by atoms with Crippen LogP contribution in [0.2, 0.25) is 0 Å². The van der Waals surface area contributed by atoms with E-state index < -0.39 is 0 Å². The predicted molar refractivity (Wildman–Crippen MR) is 40.3 cm³/mol. The molecule has 0 atom stereocenters. The molecule has 1 N–H and O–H groups in total. The van der Waals surface area contributed by atoms with Gasteiger partial charge in [0.25, 0.3) is 0 Å². The van der Waals surface area contributed by atoms with Crippen LogP contribution in [0.25, 0.3) is 0 Å². The van der Waals surface area contributed by atoms with E-state index in [1.165, 1.54) is 32.1 Å². The monoisotopic (exact) mass is 140 g/mol. The van der Waals surface area contributed by atoms with Crippen LogP contribution in [0.1, 0.15) is 32.1 Å². The minimum atomic E-state index is 0.732. The molecular formula is C8H14NO. The maximum Gasteiger partial charge on any atom is 0.309 e. The molecule has 1 amide bonds. The maximum atomic E-state index is 9.81. The van der Waals surface area contributed by atoms with Gasteiger partial charge in [-0.3, -0.25) is 4.79 Å². The van der Waals surface area contributed by atoms with Crippen molar-refractivity contribution in [2.75, 3.05) is 6.54 Å². The maximum absolute atomic E-state index is 9.81. The van der Waals surface area contributed by atoms with Crippen LogP contribution in [0.3, 0.4) is 0 Å². The molecule has 1 aliphatic rings. The highest BCUT2D eigenvalue weighted by Crippen LogP contribution is 2.22. The fourth-order valence-corrected chi connectivity index (χ4v) is 1.58. The smallest absolute Gasteiger partial charge is 0.309 e. The number of carbonyl (C=O) groups excluding carboxylic acids is 1. The third-order valence-corrected chi connectivity index (χ3v) is 2.19. The Morgan fingerprint density at radius 2 is 2.00 bits per heavy atom. The molecule has 2 heteroatoms. The second-order valence-electron chi connectivity index (χ2n) is 2.99. The van der Waals surface area contributed by atoms with Crippen molar-refractivity contribution >= 4 is 6.41 Å². The molecule has 1 fully saturated rings. The molecule has 0 aromatic rings. The predicted octanol–water partition coefficient (Wildman–Crippen LogP) is 1.22. The molecule has 57 valence electrons. The van der Waals surface area contributed by atoms with Crippen molar-refractivity contribution in [1.29, 1.82) is 0 Å². The first-order valence-corrected chi connectivity index (χ1v) is 4.03. The molecule has 0 bridgehead atoms. The molecule has 1 saturated carbocycles. The molecule has 1 radical (unpaired) electrons. The SMILES string of the molecule is O=[C]NCC1CCCCC1. The first kappa shape index (κ1) is 7.58. The standard InChI is InChI=1S/C8H14NO/c10-7-9-6-8-4-2-1-3-5-8/h8H,1-6H2,(H,9,10). The van der Waals surface area contributed by atoms with E-state index in [0.717, 1.165) is 12.5 Å². The van der Waals surface area contributed by atoms with Crippen LogP contribution in [0.4, 0.5) is 0 Å². The van der Waals surface area contributed by atoms with Gasteiger partial charge in [-0.15, -0.1) is 0 Å². The van der Waals surface area contributed by atoms with Crippen molar-refractivity contribution in [2.45, 2.75) is 32.1 Å². The van der Waals surface area contributed by atoms with E-state index in [4.69, 9.17) is 0 Å². The average molecular weight is 140 g/mol. The third kappa shape index (κ3) is 2.38. The van der Waals surface area contributed by atoms with Crippen LogP contribution in [0.15, 0.2) is 0 Å². The highest BCUT2D eigenvalue weighted by atomic mass is 16.1. The molecule has 10 heavy (non-hydrogen) atoms. The third-order valence-electron chi connectivity index (χ3n) is 2.19. The van der Waals surface area contributed by atoms with Crippen molar-refractivity contribution in [3.05, 3.63) is 0 Å². The fourth-order valence-electron chi connectivity index (χ4n) is 1.58. The molecule has 0 saturated heterocycles. The van der Waals surface area contributed by atoms with Crippen LogP contribution in [0, 0.1) is 5.92 Å². The molecule has 0 spiro atoms. The Balaban J connectivity index is 2.07. The van der Waals surface area contributed by atoms with E-state index in [1.807, 2.05) is 0 Å². The first-order chi connectivity index (χ1) is 4.93. The van der Waals surface area contributed by atoms with Crippen LogP contribution < -0.4 is 5.32 Å². The number of nitrogens with one attached hydrogen (secondary N) is 1. The van der Waals surface area contributed by atoms with Gasteiger partial charge in [0.1, 0.15) is 0 Å². The van der Waals surface area contributed by atoms with Crippen LogP contribution in [-0.4, -0.2) is 13.0 Å². The number of rotatable bonds is 3. The topological polar surface area (TPSA) is 29.1 Å². The number of hydrogen-bond acceptors (Lipinski definition) is 1. The molecular weight excluding hydrogens is 126 g/mol. The Labute approximate surface area is 62.0 Å². The Morgan fingerprint density at radius 3 is 2.60 bits per heavy atom. The first-order valence-electron chi connectivity index (χ1n) is 4.03. The van der Waals surface area contributed by atoms with Gasteiger partial charge < -0.3 is 5.32 Å². The normalized spacial score (nSPS) is 20.4. The van der Waals surface area contributed by atoms with Crippen molar-refractivity contribution in [1.82, 2.24) is 5.32 Å². The lowest BCUT2D eigenvalue weighted by molar-refractivity contribution is 0.354. The Morgan fingerprint density at radius 1 is 1.30 bits per heavy atom. The van der Waals surface area contributed by atoms with E-state index in [9.17, 15) is 4.79 Å². The Hall–Kier alpha value is -0.530. The van der Waals surface area contributed by atoms with Gasteiger partial charge in [-0.25, -0.2) is 0 Å². The van der Waals surface area contributed by atoms with Crippen molar-refractivity contribution < 1.29 is 4.79 Å². The second-order valence-corrected chi connectivity index (χ2v) is 2.99. The summed E-state index contributed by atoms with van der Waals surface area (Å²) in [6.07, 6.45) is 8.34. The molecule has 0 unspecified atom stereocenters. The van der Waals surface area contributed by atoms with Gasteiger partial charge in [0.2, 0.25) is 0 Å².